The Hall–Kier alpha value is -2.59. The zero-order valence-electron chi connectivity index (χ0n) is 20.7. The van der Waals surface area contributed by atoms with Crippen LogP contribution in [0.1, 0.15) is 76.7 Å². The lowest BCUT2D eigenvalue weighted by atomic mass is 9.99. The molecule has 0 aromatic heterocycles. The van der Waals surface area contributed by atoms with E-state index in [0.717, 1.165) is 35.9 Å². The number of aldehydes is 1. The van der Waals surface area contributed by atoms with Crippen molar-refractivity contribution in [3.05, 3.63) is 59.7 Å². The number of carbonyl (C=O) groups excluding carboxylic acids is 3. The summed E-state index contributed by atoms with van der Waals surface area (Å²) < 4.78 is 0. The highest BCUT2D eigenvalue weighted by molar-refractivity contribution is 5.97. The molecule has 0 bridgehead atoms. The number of aryl methyl sites for hydroxylation is 1. The monoisotopic (exact) mass is 429 g/mol. The fourth-order valence-corrected chi connectivity index (χ4v) is 2.26. The van der Waals surface area contributed by atoms with Gasteiger partial charge < -0.3 is 14.9 Å². The highest BCUT2D eigenvalue weighted by Crippen LogP contribution is 2.21. The highest BCUT2D eigenvalue weighted by atomic mass is 16.1. The number of carbonyl (C=O) groups is 3. The van der Waals surface area contributed by atoms with Gasteiger partial charge >= 0.3 is 0 Å². The third-order valence-corrected chi connectivity index (χ3v) is 3.87. The number of ketones is 1. The van der Waals surface area contributed by atoms with Gasteiger partial charge in [0.25, 0.3) is 0 Å². The lowest BCUT2D eigenvalue weighted by Gasteiger charge is -2.05. The Kier molecular flexibility index (Phi) is 27.1. The van der Waals surface area contributed by atoms with Crippen LogP contribution in [0.3, 0.4) is 0 Å². The summed E-state index contributed by atoms with van der Waals surface area (Å²) in [7, 11) is 1.96. The predicted octanol–water partition coefficient (Wildman–Crippen LogP) is 6.56. The Morgan fingerprint density at radius 3 is 1.84 bits per heavy atom. The summed E-state index contributed by atoms with van der Waals surface area (Å²) in [6, 6.07) is 16.4. The van der Waals surface area contributed by atoms with Crippen LogP contribution in [0, 0.1) is 0 Å². The molecule has 0 aliphatic heterocycles. The molecule has 0 unspecified atom stereocenters. The van der Waals surface area contributed by atoms with Gasteiger partial charge in [0.1, 0.15) is 13.1 Å². The molecule has 0 aliphatic carbocycles. The van der Waals surface area contributed by atoms with Gasteiger partial charge in [0, 0.05) is 18.4 Å². The molecule has 0 fully saturated rings. The number of rotatable bonds is 7. The van der Waals surface area contributed by atoms with E-state index in [1.807, 2.05) is 65.8 Å². The molecule has 1 N–H and O–H groups in total. The summed E-state index contributed by atoms with van der Waals surface area (Å²) in [5.41, 5.74) is 4.41. The van der Waals surface area contributed by atoms with Crippen LogP contribution in [0.4, 0.5) is 0 Å². The minimum Gasteiger partial charge on any atom is -0.320 e. The summed E-state index contributed by atoms with van der Waals surface area (Å²) >= 11 is 0. The molecule has 4 nitrogen and oxygen atoms in total. The van der Waals surface area contributed by atoms with Crippen LogP contribution in [0.15, 0.2) is 48.5 Å². The van der Waals surface area contributed by atoms with Crippen molar-refractivity contribution in [2.75, 3.05) is 13.6 Å². The van der Waals surface area contributed by atoms with Gasteiger partial charge in [0.2, 0.25) is 0 Å². The highest BCUT2D eigenvalue weighted by Gasteiger charge is 2.04. The van der Waals surface area contributed by atoms with Crippen LogP contribution in [-0.4, -0.2) is 32.5 Å². The second-order valence-corrected chi connectivity index (χ2v) is 6.09. The van der Waals surface area contributed by atoms with E-state index < -0.39 is 0 Å². The van der Waals surface area contributed by atoms with Gasteiger partial charge in [-0.3, -0.25) is 4.79 Å². The van der Waals surface area contributed by atoms with Crippen molar-refractivity contribution in [3.8, 4) is 11.1 Å². The quantitative estimate of drug-likeness (QED) is 0.400. The van der Waals surface area contributed by atoms with Crippen molar-refractivity contribution in [1.82, 2.24) is 5.32 Å². The van der Waals surface area contributed by atoms with Crippen LogP contribution in [0.5, 0.6) is 0 Å². The van der Waals surface area contributed by atoms with E-state index >= 15 is 0 Å². The molecule has 0 saturated heterocycles. The first-order valence-electron chi connectivity index (χ1n) is 11.2. The summed E-state index contributed by atoms with van der Waals surface area (Å²) in [5.74, 6) is 0.196. The van der Waals surface area contributed by atoms with Crippen LogP contribution in [0.25, 0.3) is 11.1 Å². The fourth-order valence-electron chi connectivity index (χ4n) is 2.26. The van der Waals surface area contributed by atoms with Crippen molar-refractivity contribution in [1.29, 1.82) is 0 Å². The molecule has 174 valence electrons. The maximum Gasteiger partial charge on any atom is 0.162 e. The van der Waals surface area contributed by atoms with Crippen molar-refractivity contribution in [3.63, 3.8) is 0 Å². The number of benzene rings is 2. The normalized spacial score (nSPS) is 8.48. The van der Waals surface area contributed by atoms with Gasteiger partial charge in [-0.25, -0.2) is 0 Å². The number of nitrogens with one attached hydrogen (secondary N) is 1. The van der Waals surface area contributed by atoms with E-state index in [2.05, 4.69) is 43.4 Å². The molecule has 0 saturated carbocycles. The maximum absolute atomic E-state index is 11.7. The summed E-state index contributed by atoms with van der Waals surface area (Å²) in [4.78, 5) is 28.9. The minimum atomic E-state index is 0.196. The van der Waals surface area contributed by atoms with E-state index in [0.29, 0.717) is 12.8 Å². The summed E-state index contributed by atoms with van der Waals surface area (Å²) in [6.07, 6.45) is 4.35. The van der Waals surface area contributed by atoms with Crippen LogP contribution >= 0.6 is 0 Å². The van der Waals surface area contributed by atoms with Crippen molar-refractivity contribution in [2.24, 2.45) is 0 Å². The zero-order chi connectivity index (χ0) is 24.5. The molecule has 0 amide bonds. The number of hydrogen-bond acceptors (Lipinski definition) is 4. The molecule has 0 atom stereocenters. The summed E-state index contributed by atoms with van der Waals surface area (Å²) in [5, 5.41) is 3.02. The smallest absolute Gasteiger partial charge is 0.162 e. The first-order chi connectivity index (χ1) is 15.1. The topological polar surface area (TPSA) is 63.2 Å². The van der Waals surface area contributed by atoms with Crippen molar-refractivity contribution in [2.45, 2.75) is 67.2 Å². The van der Waals surface area contributed by atoms with Gasteiger partial charge in [-0.15, -0.1) is 0 Å². The standard InChI is InChI=1S/C17H18O.C4H11N.C3H6O.C2H6.CH2O/c1-3-13-8-10-14(11-9-13)15-6-5-7-16(12-15)17(18)4-2;1-3-4-5-2;1-2-3-4;2*1-2/h5-12H,3-4H2,1-2H3;5H,3-4H2,1-2H3;3H,2H2,1H3;1-2H3;1H2. The number of hydrogen-bond donors (Lipinski definition) is 1. The lowest BCUT2D eigenvalue weighted by molar-refractivity contribution is -0.107. The second kappa shape index (κ2) is 25.4. The Balaban J connectivity index is -0.000000503. The summed E-state index contributed by atoms with van der Waals surface area (Å²) in [6.45, 7) is 15.1. The van der Waals surface area contributed by atoms with Gasteiger partial charge in [-0.1, -0.05) is 84.0 Å². The molecular formula is C27H43NO3. The van der Waals surface area contributed by atoms with Gasteiger partial charge in [0.15, 0.2) is 5.78 Å². The van der Waals surface area contributed by atoms with Crippen molar-refractivity contribution < 1.29 is 14.4 Å². The molecule has 2 aromatic carbocycles. The van der Waals surface area contributed by atoms with Gasteiger partial charge in [-0.2, -0.15) is 0 Å². The third kappa shape index (κ3) is 16.8. The molecular weight excluding hydrogens is 386 g/mol. The van der Waals surface area contributed by atoms with E-state index in [9.17, 15) is 9.59 Å². The first-order valence-corrected chi connectivity index (χ1v) is 11.2. The van der Waals surface area contributed by atoms with Crippen LogP contribution in [-0.2, 0) is 16.0 Å². The average molecular weight is 430 g/mol. The van der Waals surface area contributed by atoms with E-state index in [-0.39, 0.29) is 5.78 Å². The van der Waals surface area contributed by atoms with Crippen LogP contribution < -0.4 is 5.32 Å². The maximum atomic E-state index is 11.7. The Morgan fingerprint density at radius 2 is 1.48 bits per heavy atom. The van der Waals surface area contributed by atoms with E-state index in [4.69, 9.17) is 4.79 Å². The van der Waals surface area contributed by atoms with Crippen molar-refractivity contribution >= 4 is 18.9 Å². The second-order valence-electron chi connectivity index (χ2n) is 6.09. The largest absolute Gasteiger partial charge is 0.320 e. The Labute approximate surface area is 190 Å². The molecule has 2 rings (SSSR count). The molecule has 2 aromatic rings. The molecule has 0 heterocycles. The van der Waals surface area contributed by atoms with Gasteiger partial charge in [0.05, 0.1) is 0 Å². The van der Waals surface area contributed by atoms with Crippen LogP contribution in [0.2, 0.25) is 0 Å². The molecule has 4 heteroatoms. The Bertz CT molecular complexity index is 664. The third-order valence-electron chi connectivity index (χ3n) is 3.87. The number of Topliss-reactive ketones (excluding diaryl/α,β-unsaturated/α-hetero) is 1. The SMILES string of the molecule is C=O.CC.CCC(=O)c1cccc(-c2ccc(CC)cc2)c1.CCC=O.CCCNC. The first kappa shape index (κ1) is 33.1. The average Bonchev–Trinajstić information content (AvgIpc) is 2.87. The predicted molar refractivity (Wildman–Crippen MR) is 135 cm³/mol. The van der Waals surface area contributed by atoms with E-state index in [1.54, 1.807) is 0 Å². The van der Waals surface area contributed by atoms with Gasteiger partial charge in [-0.05, 0) is 49.2 Å². The molecule has 0 radical (unpaired) electrons. The lowest BCUT2D eigenvalue weighted by Crippen LogP contribution is -2.04. The van der Waals surface area contributed by atoms with E-state index in [1.165, 1.54) is 12.0 Å². The minimum absolute atomic E-state index is 0.196. The molecule has 31 heavy (non-hydrogen) atoms. The fraction of sp³-hybridized carbons (Fsp3) is 0.444. The molecule has 0 spiro atoms. The zero-order valence-corrected chi connectivity index (χ0v) is 20.7. The Morgan fingerprint density at radius 1 is 0.935 bits per heavy atom. The molecule has 0 aliphatic rings.